The Balaban J connectivity index is 1.91. The van der Waals surface area contributed by atoms with E-state index in [0.717, 1.165) is 30.4 Å². The van der Waals surface area contributed by atoms with Gasteiger partial charge in [-0.2, -0.15) is 0 Å². The first-order valence-corrected chi connectivity index (χ1v) is 10.5. The smallest absolute Gasteiger partial charge is 0.122 e. The molecule has 138 valence electrons. The van der Waals surface area contributed by atoms with Crippen molar-refractivity contribution in [3.8, 4) is 5.75 Å². The van der Waals surface area contributed by atoms with Crippen LogP contribution in [0, 0.1) is 0 Å². The highest BCUT2D eigenvalue weighted by molar-refractivity contribution is 9.08. The second-order valence-electron chi connectivity index (χ2n) is 8.78. The van der Waals surface area contributed by atoms with Gasteiger partial charge >= 0.3 is 0 Å². The van der Waals surface area contributed by atoms with Crippen LogP contribution in [0.15, 0.2) is 42.5 Å². The summed E-state index contributed by atoms with van der Waals surface area (Å²) in [5, 5.41) is 11.4. The molecule has 0 radical (unpaired) electrons. The van der Waals surface area contributed by atoms with E-state index in [2.05, 4.69) is 92.2 Å². The quantitative estimate of drug-likeness (QED) is 0.541. The first kappa shape index (κ1) is 19.2. The minimum absolute atomic E-state index is 0.0729. The van der Waals surface area contributed by atoms with Gasteiger partial charge in [-0.25, -0.2) is 0 Å². The monoisotopic (exact) mass is 412 g/mol. The second kappa shape index (κ2) is 7.23. The third-order valence-electron chi connectivity index (χ3n) is 5.70. The van der Waals surface area contributed by atoms with Gasteiger partial charge in [0.2, 0.25) is 0 Å². The Labute approximate surface area is 166 Å². The number of aryl methyl sites for hydroxylation is 1. The number of phenols is 1. The predicted molar refractivity (Wildman–Crippen MR) is 115 cm³/mol. The van der Waals surface area contributed by atoms with Crippen LogP contribution in [0.3, 0.4) is 0 Å². The standard InChI is InChI=1S/C24H29BrO/c1-23(2,3)20-14-18(22(26)19(15-20)16-25)11-13-24(4)12-7-9-17-8-5-6-10-21(17)24/h5-10,14-15,26H,11-13,16H2,1-4H3. The zero-order valence-electron chi connectivity index (χ0n) is 16.3. The van der Waals surface area contributed by atoms with Gasteiger partial charge in [0, 0.05) is 10.9 Å². The molecule has 0 saturated carbocycles. The van der Waals surface area contributed by atoms with Crippen LogP contribution in [0.25, 0.3) is 6.08 Å². The van der Waals surface area contributed by atoms with Gasteiger partial charge in [0.25, 0.3) is 0 Å². The Morgan fingerprint density at radius 2 is 1.81 bits per heavy atom. The predicted octanol–water partition coefficient (Wildman–Crippen LogP) is 6.89. The maximum Gasteiger partial charge on any atom is 0.122 e. The van der Waals surface area contributed by atoms with Gasteiger partial charge in [-0.15, -0.1) is 0 Å². The lowest BCUT2D eigenvalue weighted by Gasteiger charge is -2.34. The molecule has 0 heterocycles. The van der Waals surface area contributed by atoms with Crippen molar-refractivity contribution < 1.29 is 5.11 Å². The second-order valence-corrected chi connectivity index (χ2v) is 9.34. The maximum absolute atomic E-state index is 10.7. The molecule has 0 saturated heterocycles. The highest BCUT2D eigenvalue weighted by Gasteiger charge is 2.30. The molecule has 2 heteroatoms. The summed E-state index contributed by atoms with van der Waals surface area (Å²) in [7, 11) is 0. The molecule has 1 aliphatic carbocycles. The average molecular weight is 413 g/mol. The molecule has 2 aromatic rings. The molecule has 1 N–H and O–H groups in total. The van der Waals surface area contributed by atoms with Crippen molar-refractivity contribution in [3.63, 3.8) is 0 Å². The fraction of sp³-hybridized carbons (Fsp3) is 0.417. The first-order chi connectivity index (χ1) is 12.2. The lowest BCUT2D eigenvalue weighted by molar-refractivity contribution is 0.422. The zero-order chi connectivity index (χ0) is 18.9. The summed E-state index contributed by atoms with van der Waals surface area (Å²) in [5.74, 6) is 0.457. The normalized spacial score (nSPS) is 19.4. The molecule has 1 nitrogen and oxygen atoms in total. The molecule has 0 bridgehead atoms. The van der Waals surface area contributed by atoms with E-state index in [1.807, 2.05) is 0 Å². The molecule has 0 amide bonds. The molecule has 2 aromatic carbocycles. The van der Waals surface area contributed by atoms with Crippen LogP contribution >= 0.6 is 15.9 Å². The van der Waals surface area contributed by atoms with Crippen molar-refractivity contribution in [2.75, 3.05) is 0 Å². The summed E-state index contributed by atoms with van der Waals surface area (Å²) >= 11 is 3.53. The minimum atomic E-state index is 0.0729. The molecule has 26 heavy (non-hydrogen) atoms. The molecular weight excluding hydrogens is 384 g/mol. The Hall–Kier alpha value is -1.54. The summed E-state index contributed by atoms with van der Waals surface area (Å²) < 4.78 is 0. The van der Waals surface area contributed by atoms with Crippen LogP contribution < -0.4 is 0 Å². The van der Waals surface area contributed by atoms with Crippen molar-refractivity contribution in [3.05, 3.63) is 70.3 Å². The number of allylic oxidation sites excluding steroid dienone is 1. The molecule has 1 unspecified atom stereocenters. The maximum atomic E-state index is 10.7. The van der Waals surface area contributed by atoms with Gasteiger partial charge in [0.05, 0.1) is 0 Å². The van der Waals surface area contributed by atoms with Gasteiger partial charge in [-0.05, 0) is 52.3 Å². The van der Waals surface area contributed by atoms with E-state index >= 15 is 0 Å². The van der Waals surface area contributed by atoms with Gasteiger partial charge in [0.15, 0.2) is 0 Å². The van der Waals surface area contributed by atoms with Crippen LogP contribution in [0.1, 0.15) is 68.4 Å². The van der Waals surface area contributed by atoms with Crippen LogP contribution in [0.4, 0.5) is 0 Å². The van der Waals surface area contributed by atoms with E-state index in [0.29, 0.717) is 11.1 Å². The Kier molecular flexibility index (Phi) is 5.35. The Morgan fingerprint density at radius 1 is 1.12 bits per heavy atom. The summed E-state index contributed by atoms with van der Waals surface area (Å²) in [4.78, 5) is 0. The zero-order valence-corrected chi connectivity index (χ0v) is 17.9. The number of halogens is 1. The number of benzene rings is 2. The number of alkyl halides is 1. The summed E-state index contributed by atoms with van der Waals surface area (Å²) in [6.07, 6.45) is 7.48. The third-order valence-corrected chi connectivity index (χ3v) is 6.30. The molecular formula is C24H29BrO. The minimum Gasteiger partial charge on any atom is -0.507 e. The topological polar surface area (TPSA) is 20.2 Å². The Bertz CT molecular complexity index is 829. The Morgan fingerprint density at radius 3 is 2.50 bits per heavy atom. The molecule has 1 aliphatic rings. The number of rotatable bonds is 4. The number of aromatic hydroxyl groups is 1. The van der Waals surface area contributed by atoms with Gasteiger partial charge in [-0.1, -0.05) is 92.2 Å². The van der Waals surface area contributed by atoms with E-state index in [1.54, 1.807) is 0 Å². The molecule has 0 aromatic heterocycles. The number of hydrogen-bond acceptors (Lipinski definition) is 1. The molecule has 0 aliphatic heterocycles. The molecule has 0 fully saturated rings. The number of fused-ring (bicyclic) bond motifs is 1. The SMILES string of the molecule is CC(C)(C)c1cc(CBr)c(O)c(CCC2(C)CC=Cc3ccccc32)c1. The number of hydrogen-bond donors (Lipinski definition) is 1. The highest BCUT2D eigenvalue weighted by atomic mass is 79.9. The lowest BCUT2D eigenvalue weighted by Crippen LogP contribution is -2.25. The largest absolute Gasteiger partial charge is 0.507 e. The van der Waals surface area contributed by atoms with E-state index in [1.165, 1.54) is 16.7 Å². The van der Waals surface area contributed by atoms with Crippen molar-refractivity contribution in [1.29, 1.82) is 0 Å². The lowest BCUT2D eigenvalue weighted by atomic mass is 9.71. The van der Waals surface area contributed by atoms with Crippen LogP contribution in [0.2, 0.25) is 0 Å². The molecule has 0 spiro atoms. The van der Waals surface area contributed by atoms with E-state index < -0.39 is 0 Å². The van der Waals surface area contributed by atoms with Gasteiger partial charge in [0.1, 0.15) is 5.75 Å². The highest BCUT2D eigenvalue weighted by Crippen LogP contribution is 2.40. The van der Waals surface area contributed by atoms with Crippen molar-refractivity contribution >= 4 is 22.0 Å². The summed E-state index contributed by atoms with van der Waals surface area (Å²) in [6, 6.07) is 13.0. The van der Waals surface area contributed by atoms with Crippen LogP contribution in [-0.2, 0) is 22.6 Å². The third kappa shape index (κ3) is 3.76. The van der Waals surface area contributed by atoms with Crippen molar-refractivity contribution in [2.24, 2.45) is 0 Å². The molecule has 3 rings (SSSR count). The first-order valence-electron chi connectivity index (χ1n) is 9.42. The fourth-order valence-electron chi connectivity index (χ4n) is 3.88. The van der Waals surface area contributed by atoms with E-state index in [-0.39, 0.29) is 10.8 Å². The van der Waals surface area contributed by atoms with Gasteiger partial charge < -0.3 is 5.11 Å². The van der Waals surface area contributed by atoms with Crippen molar-refractivity contribution in [2.45, 2.75) is 63.1 Å². The van der Waals surface area contributed by atoms with Gasteiger partial charge in [-0.3, -0.25) is 0 Å². The molecule has 1 atom stereocenters. The van der Waals surface area contributed by atoms with Crippen molar-refractivity contribution in [1.82, 2.24) is 0 Å². The van der Waals surface area contributed by atoms with E-state index in [4.69, 9.17) is 0 Å². The number of phenolic OH excluding ortho intramolecular Hbond substituents is 1. The average Bonchev–Trinajstić information content (AvgIpc) is 2.60. The summed E-state index contributed by atoms with van der Waals surface area (Å²) in [6.45, 7) is 9.03. The van der Waals surface area contributed by atoms with E-state index in [9.17, 15) is 5.11 Å². The fourth-order valence-corrected chi connectivity index (χ4v) is 4.31. The van der Waals surface area contributed by atoms with Crippen LogP contribution in [-0.4, -0.2) is 5.11 Å². The summed E-state index contributed by atoms with van der Waals surface area (Å²) in [5.41, 5.74) is 6.29. The van der Waals surface area contributed by atoms with Crippen LogP contribution in [0.5, 0.6) is 5.75 Å².